The fraction of sp³-hybridized carbons (Fsp3) is 0.167. The van der Waals surface area contributed by atoms with E-state index in [1.165, 1.54) is 22.4 Å². The molecule has 0 saturated carbocycles. The summed E-state index contributed by atoms with van der Waals surface area (Å²) in [4.78, 5) is 0. The fourth-order valence-electron chi connectivity index (χ4n) is 3.46. The van der Waals surface area contributed by atoms with Crippen LogP contribution in [-0.4, -0.2) is 4.57 Å². The summed E-state index contributed by atoms with van der Waals surface area (Å²) in [6, 6.07) is 27.5. The zero-order valence-corrected chi connectivity index (χ0v) is 15.1. The van der Waals surface area contributed by atoms with Gasteiger partial charge >= 0.3 is 0 Å². The number of rotatable bonds is 6. The lowest BCUT2D eigenvalue weighted by Gasteiger charge is -2.13. The Kier molecular flexibility index (Phi) is 4.74. The molecule has 2 heteroatoms. The molecule has 130 valence electrons. The van der Waals surface area contributed by atoms with Crippen LogP contribution < -0.4 is 0 Å². The van der Waals surface area contributed by atoms with Crippen molar-refractivity contribution in [2.75, 3.05) is 0 Å². The third-order valence-corrected chi connectivity index (χ3v) is 4.74. The van der Waals surface area contributed by atoms with Crippen LogP contribution in [0, 0.1) is 0 Å². The SMILES string of the molecule is CCCCn1c(-c2ccccc2)cc(-c2ccccc2)c1-c1ccco1. The monoisotopic (exact) mass is 341 g/mol. The number of unbranched alkanes of at least 4 members (excludes halogenated alkanes) is 1. The third kappa shape index (κ3) is 3.11. The van der Waals surface area contributed by atoms with Gasteiger partial charge in [-0.1, -0.05) is 74.0 Å². The molecule has 2 aromatic carbocycles. The van der Waals surface area contributed by atoms with Gasteiger partial charge in [-0.2, -0.15) is 0 Å². The molecule has 0 atom stereocenters. The maximum Gasteiger partial charge on any atom is 0.150 e. The quantitative estimate of drug-likeness (QED) is 0.374. The minimum Gasteiger partial charge on any atom is -0.463 e. The lowest BCUT2D eigenvalue weighted by Crippen LogP contribution is -2.02. The second-order valence-electron chi connectivity index (χ2n) is 6.51. The first-order chi connectivity index (χ1) is 12.9. The topological polar surface area (TPSA) is 18.1 Å². The number of furan rings is 1. The van der Waals surface area contributed by atoms with Gasteiger partial charge in [0.2, 0.25) is 0 Å². The molecule has 0 aliphatic rings. The van der Waals surface area contributed by atoms with Crippen LogP contribution in [-0.2, 0) is 6.54 Å². The summed E-state index contributed by atoms with van der Waals surface area (Å²) in [5.74, 6) is 0.919. The molecular formula is C24H23NO. The van der Waals surface area contributed by atoms with E-state index in [0.717, 1.165) is 30.8 Å². The minimum atomic E-state index is 0.919. The second kappa shape index (κ2) is 7.49. The van der Waals surface area contributed by atoms with Crippen LogP contribution in [0.1, 0.15) is 19.8 Å². The van der Waals surface area contributed by atoms with Gasteiger partial charge in [-0.3, -0.25) is 0 Å². The van der Waals surface area contributed by atoms with Crippen LogP contribution in [0.4, 0.5) is 0 Å². The maximum atomic E-state index is 5.83. The summed E-state index contributed by atoms with van der Waals surface area (Å²) in [5.41, 5.74) is 6.07. The Hall–Kier alpha value is -3.00. The largest absolute Gasteiger partial charge is 0.463 e. The van der Waals surface area contributed by atoms with Gasteiger partial charge in [-0.15, -0.1) is 0 Å². The van der Waals surface area contributed by atoms with Gasteiger partial charge in [0.15, 0.2) is 5.76 Å². The molecule has 0 unspecified atom stereocenters. The molecule has 0 aliphatic heterocycles. The summed E-state index contributed by atoms with van der Waals surface area (Å²) in [6.07, 6.45) is 4.05. The van der Waals surface area contributed by atoms with Crippen LogP contribution in [0.15, 0.2) is 89.5 Å². The van der Waals surface area contributed by atoms with Crippen molar-refractivity contribution < 1.29 is 4.42 Å². The number of hydrogen-bond acceptors (Lipinski definition) is 1. The minimum absolute atomic E-state index is 0.919. The van der Waals surface area contributed by atoms with Gasteiger partial charge < -0.3 is 8.98 Å². The van der Waals surface area contributed by atoms with Gasteiger partial charge in [-0.05, 0) is 35.7 Å². The Morgan fingerprint density at radius 1 is 0.808 bits per heavy atom. The van der Waals surface area contributed by atoms with Crippen molar-refractivity contribution in [3.05, 3.63) is 85.1 Å². The highest BCUT2D eigenvalue weighted by molar-refractivity contribution is 5.85. The summed E-state index contributed by atoms with van der Waals surface area (Å²) in [5, 5.41) is 0. The highest BCUT2D eigenvalue weighted by Gasteiger charge is 2.20. The number of aromatic nitrogens is 1. The van der Waals surface area contributed by atoms with Crippen molar-refractivity contribution in [1.82, 2.24) is 4.57 Å². The van der Waals surface area contributed by atoms with E-state index < -0.39 is 0 Å². The maximum absolute atomic E-state index is 5.83. The van der Waals surface area contributed by atoms with E-state index in [1.54, 1.807) is 6.26 Å². The van der Waals surface area contributed by atoms with Crippen LogP contribution in [0.5, 0.6) is 0 Å². The molecule has 2 heterocycles. The van der Waals surface area contributed by atoms with Crippen molar-refractivity contribution in [3.8, 4) is 33.8 Å². The third-order valence-electron chi connectivity index (χ3n) is 4.74. The molecule has 0 saturated heterocycles. The van der Waals surface area contributed by atoms with E-state index in [-0.39, 0.29) is 0 Å². The molecule has 0 amide bonds. The van der Waals surface area contributed by atoms with Crippen molar-refractivity contribution in [2.24, 2.45) is 0 Å². The Morgan fingerprint density at radius 3 is 2.12 bits per heavy atom. The Bertz CT molecular complexity index is 950. The average molecular weight is 341 g/mol. The highest BCUT2D eigenvalue weighted by Crippen LogP contribution is 2.39. The van der Waals surface area contributed by atoms with Gasteiger partial charge in [0, 0.05) is 17.8 Å². The van der Waals surface area contributed by atoms with E-state index in [1.807, 2.05) is 6.07 Å². The normalized spacial score (nSPS) is 11.0. The Morgan fingerprint density at radius 2 is 1.50 bits per heavy atom. The van der Waals surface area contributed by atoms with Crippen LogP contribution in [0.3, 0.4) is 0 Å². The number of benzene rings is 2. The molecule has 0 spiro atoms. The van der Waals surface area contributed by atoms with E-state index in [9.17, 15) is 0 Å². The predicted molar refractivity (Wildman–Crippen MR) is 108 cm³/mol. The summed E-state index contributed by atoms with van der Waals surface area (Å²) in [6.45, 7) is 3.21. The lowest BCUT2D eigenvalue weighted by molar-refractivity contribution is 0.567. The van der Waals surface area contributed by atoms with Gasteiger partial charge in [-0.25, -0.2) is 0 Å². The molecule has 4 aromatic rings. The van der Waals surface area contributed by atoms with Crippen molar-refractivity contribution in [1.29, 1.82) is 0 Å². The van der Waals surface area contributed by atoms with Gasteiger partial charge in [0.05, 0.1) is 12.0 Å². The van der Waals surface area contributed by atoms with Crippen LogP contribution >= 0.6 is 0 Å². The first kappa shape index (κ1) is 16.5. The number of nitrogens with zero attached hydrogens (tertiary/aromatic N) is 1. The molecule has 0 fully saturated rings. The molecule has 2 aromatic heterocycles. The van der Waals surface area contributed by atoms with Crippen LogP contribution in [0.2, 0.25) is 0 Å². The average Bonchev–Trinajstić information content (AvgIpc) is 3.35. The zero-order valence-electron chi connectivity index (χ0n) is 15.1. The predicted octanol–water partition coefficient (Wildman–Crippen LogP) is 6.88. The smallest absolute Gasteiger partial charge is 0.150 e. The zero-order chi connectivity index (χ0) is 17.8. The summed E-state index contributed by atoms with van der Waals surface area (Å²) >= 11 is 0. The second-order valence-corrected chi connectivity index (χ2v) is 6.51. The Balaban J connectivity index is 1.98. The molecule has 0 N–H and O–H groups in total. The van der Waals surface area contributed by atoms with Crippen molar-refractivity contribution in [2.45, 2.75) is 26.3 Å². The molecular weight excluding hydrogens is 318 g/mol. The number of hydrogen-bond donors (Lipinski definition) is 0. The molecule has 2 nitrogen and oxygen atoms in total. The Labute approximate surface area is 154 Å². The molecule has 0 aliphatic carbocycles. The van der Waals surface area contributed by atoms with E-state index in [0.29, 0.717) is 0 Å². The molecule has 0 radical (unpaired) electrons. The van der Waals surface area contributed by atoms with Gasteiger partial charge in [0.1, 0.15) is 0 Å². The van der Waals surface area contributed by atoms with Gasteiger partial charge in [0.25, 0.3) is 0 Å². The molecule has 4 rings (SSSR count). The van der Waals surface area contributed by atoms with Crippen LogP contribution in [0.25, 0.3) is 33.8 Å². The standard InChI is InChI=1S/C24H23NO/c1-2-3-16-25-22(20-13-8-5-9-14-20)18-21(19-11-6-4-7-12-19)24(25)23-15-10-17-26-23/h4-15,17-18H,2-3,16H2,1H3. The van der Waals surface area contributed by atoms with E-state index in [2.05, 4.69) is 84.3 Å². The molecule has 0 bridgehead atoms. The molecule has 26 heavy (non-hydrogen) atoms. The lowest BCUT2D eigenvalue weighted by atomic mass is 10.0. The fourth-order valence-corrected chi connectivity index (χ4v) is 3.46. The van der Waals surface area contributed by atoms with E-state index >= 15 is 0 Å². The first-order valence-electron chi connectivity index (χ1n) is 9.26. The highest BCUT2D eigenvalue weighted by atomic mass is 16.3. The van der Waals surface area contributed by atoms with Crippen molar-refractivity contribution >= 4 is 0 Å². The van der Waals surface area contributed by atoms with Crippen molar-refractivity contribution in [3.63, 3.8) is 0 Å². The summed E-state index contributed by atoms with van der Waals surface area (Å²) < 4.78 is 8.25. The van der Waals surface area contributed by atoms with E-state index in [4.69, 9.17) is 4.42 Å². The first-order valence-corrected chi connectivity index (χ1v) is 9.26. The summed E-state index contributed by atoms with van der Waals surface area (Å²) in [7, 11) is 0.